The van der Waals surface area contributed by atoms with Gasteiger partial charge in [-0.1, -0.05) is 18.2 Å². The number of aromatic nitrogens is 1. The van der Waals surface area contributed by atoms with Crippen molar-refractivity contribution in [2.45, 2.75) is 38.8 Å². The predicted molar refractivity (Wildman–Crippen MR) is 81.1 cm³/mol. The van der Waals surface area contributed by atoms with E-state index < -0.39 is 0 Å². The Balaban J connectivity index is 1.93. The molecule has 0 radical (unpaired) electrons. The Labute approximate surface area is 120 Å². The van der Waals surface area contributed by atoms with Gasteiger partial charge in [0.05, 0.1) is 11.7 Å². The van der Waals surface area contributed by atoms with Gasteiger partial charge in [0, 0.05) is 24.4 Å². The topological polar surface area (TPSA) is 34.2 Å². The highest BCUT2D eigenvalue weighted by atomic mass is 16.5. The van der Waals surface area contributed by atoms with Crippen LogP contribution < -0.4 is 10.1 Å². The molecule has 0 aliphatic carbocycles. The van der Waals surface area contributed by atoms with Gasteiger partial charge in [-0.05, 0) is 38.5 Å². The van der Waals surface area contributed by atoms with Crippen molar-refractivity contribution in [2.24, 2.45) is 0 Å². The highest BCUT2D eigenvalue weighted by Crippen LogP contribution is 2.40. The van der Waals surface area contributed by atoms with Gasteiger partial charge in [0.1, 0.15) is 11.4 Å². The first-order valence-corrected chi connectivity index (χ1v) is 7.00. The number of benzene rings is 1. The summed E-state index contributed by atoms with van der Waals surface area (Å²) in [5.74, 6) is 0.974. The van der Waals surface area contributed by atoms with Gasteiger partial charge in [-0.25, -0.2) is 0 Å². The van der Waals surface area contributed by atoms with Gasteiger partial charge in [0.25, 0.3) is 0 Å². The summed E-state index contributed by atoms with van der Waals surface area (Å²) >= 11 is 0. The van der Waals surface area contributed by atoms with Crippen LogP contribution in [0.3, 0.4) is 0 Å². The van der Waals surface area contributed by atoms with Crippen LogP contribution >= 0.6 is 0 Å². The molecule has 1 N–H and O–H groups in total. The van der Waals surface area contributed by atoms with Crippen molar-refractivity contribution in [1.29, 1.82) is 0 Å². The van der Waals surface area contributed by atoms with E-state index in [0.29, 0.717) is 0 Å². The first kappa shape index (κ1) is 13.0. The van der Waals surface area contributed by atoms with E-state index in [1.807, 2.05) is 24.5 Å². The predicted octanol–water partition coefficient (Wildman–Crippen LogP) is 4.10. The summed E-state index contributed by atoms with van der Waals surface area (Å²) < 4.78 is 6.06. The zero-order valence-corrected chi connectivity index (χ0v) is 12.2. The van der Waals surface area contributed by atoms with Gasteiger partial charge in [-0.2, -0.15) is 0 Å². The maximum Gasteiger partial charge on any atom is 0.125 e. The number of nitrogens with zero attached hydrogens (tertiary/aromatic N) is 1. The number of pyridine rings is 1. The van der Waals surface area contributed by atoms with Crippen LogP contribution in [0.25, 0.3) is 0 Å². The molecule has 0 saturated carbocycles. The first-order valence-electron chi connectivity index (χ1n) is 7.00. The molecular weight excluding hydrogens is 248 g/mol. The Bertz CT molecular complexity index is 622. The molecule has 0 saturated heterocycles. The van der Waals surface area contributed by atoms with E-state index in [4.69, 9.17) is 4.74 Å². The second-order valence-corrected chi connectivity index (χ2v) is 6.05. The largest absolute Gasteiger partial charge is 0.487 e. The third kappa shape index (κ3) is 2.62. The molecular formula is C17H20N2O. The number of para-hydroxylation sites is 1. The molecule has 0 fully saturated rings. The molecule has 1 aliphatic heterocycles. The second kappa shape index (κ2) is 4.82. The number of ether oxygens (including phenoxy) is 1. The minimum Gasteiger partial charge on any atom is -0.487 e. The summed E-state index contributed by atoms with van der Waals surface area (Å²) in [6.45, 7) is 6.32. The van der Waals surface area contributed by atoms with E-state index in [1.165, 1.54) is 5.56 Å². The second-order valence-electron chi connectivity index (χ2n) is 6.05. The molecule has 2 aromatic rings. The van der Waals surface area contributed by atoms with Crippen LogP contribution in [0.2, 0.25) is 0 Å². The van der Waals surface area contributed by atoms with Crippen molar-refractivity contribution in [1.82, 2.24) is 4.98 Å². The van der Waals surface area contributed by atoms with E-state index in [2.05, 4.69) is 49.3 Å². The number of rotatable bonds is 2. The van der Waals surface area contributed by atoms with Gasteiger partial charge in [0.15, 0.2) is 0 Å². The fourth-order valence-electron chi connectivity index (χ4n) is 2.77. The van der Waals surface area contributed by atoms with Crippen LogP contribution in [-0.2, 0) is 0 Å². The van der Waals surface area contributed by atoms with Gasteiger partial charge in [-0.3, -0.25) is 4.98 Å². The number of aryl methyl sites for hydroxylation is 1. The van der Waals surface area contributed by atoms with Crippen molar-refractivity contribution < 1.29 is 4.74 Å². The Morgan fingerprint density at radius 3 is 2.85 bits per heavy atom. The van der Waals surface area contributed by atoms with Gasteiger partial charge >= 0.3 is 0 Å². The molecule has 3 rings (SSSR count). The van der Waals surface area contributed by atoms with Gasteiger partial charge in [-0.15, -0.1) is 0 Å². The van der Waals surface area contributed by atoms with Crippen LogP contribution in [0.1, 0.15) is 37.4 Å². The van der Waals surface area contributed by atoms with Crippen LogP contribution in [0.5, 0.6) is 5.75 Å². The number of hydrogen-bond acceptors (Lipinski definition) is 3. The fraction of sp³-hybridized carbons (Fsp3) is 0.353. The molecule has 104 valence electrons. The maximum atomic E-state index is 6.06. The quantitative estimate of drug-likeness (QED) is 0.890. The van der Waals surface area contributed by atoms with E-state index in [0.717, 1.165) is 23.4 Å². The Morgan fingerprint density at radius 2 is 2.05 bits per heavy atom. The monoisotopic (exact) mass is 268 g/mol. The molecule has 2 heterocycles. The van der Waals surface area contributed by atoms with Crippen molar-refractivity contribution >= 4 is 5.69 Å². The Hall–Kier alpha value is -2.03. The van der Waals surface area contributed by atoms with Crippen LogP contribution in [0.15, 0.2) is 42.7 Å². The molecule has 1 aliphatic rings. The molecule has 1 aromatic heterocycles. The highest BCUT2D eigenvalue weighted by Gasteiger charge is 2.33. The lowest BCUT2D eigenvalue weighted by atomic mass is 9.89. The van der Waals surface area contributed by atoms with E-state index in [-0.39, 0.29) is 11.6 Å². The molecule has 0 amide bonds. The minimum absolute atomic E-state index is 0.163. The molecule has 0 spiro atoms. The molecule has 1 atom stereocenters. The van der Waals surface area contributed by atoms with Crippen LogP contribution in [0.4, 0.5) is 5.69 Å². The smallest absolute Gasteiger partial charge is 0.125 e. The highest BCUT2D eigenvalue weighted by molar-refractivity contribution is 5.48. The fourth-order valence-corrected chi connectivity index (χ4v) is 2.77. The number of hydrogen-bond donors (Lipinski definition) is 1. The number of anilines is 1. The van der Waals surface area contributed by atoms with Crippen LogP contribution in [0, 0.1) is 6.92 Å². The average molecular weight is 268 g/mol. The van der Waals surface area contributed by atoms with Crippen molar-refractivity contribution in [3.8, 4) is 5.75 Å². The normalized spacial score (nSPS) is 19.9. The summed E-state index contributed by atoms with van der Waals surface area (Å²) in [5, 5.41) is 3.59. The van der Waals surface area contributed by atoms with E-state index in [9.17, 15) is 0 Å². The molecule has 20 heavy (non-hydrogen) atoms. The summed E-state index contributed by atoms with van der Waals surface area (Å²) in [7, 11) is 0. The standard InChI is InChI=1S/C17H20N2O/c1-12-8-13(11-18-10-12)19-15-9-17(2,3)20-16-7-5-4-6-14(15)16/h4-8,10-11,15,19H,9H2,1-3H3. The number of fused-ring (bicyclic) bond motifs is 1. The molecule has 0 bridgehead atoms. The number of nitrogens with one attached hydrogen (secondary N) is 1. The van der Waals surface area contributed by atoms with Gasteiger partial charge in [0.2, 0.25) is 0 Å². The Morgan fingerprint density at radius 1 is 1.25 bits per heavy atom. The molecule has 1 unspecified atom stereocenters. The SMILES string of the molecule is Cc1cncc(NC2CC(C)(C)Oc3ccccc32)c1. The lowest BCUT2D eigenvalue weighted by Crippen LogP contribution is -2.37. The minimum atomic E-state index is -0.163. The Kier molecular flexibility index (Phi) is 3.13. The molecule has 1 aromatic carbocycles. The van der Waals surface area contributed by atoms with E-state index >= 15 is 0 Å². The van der Waals surface area contributed by atoms with E-state index in [1.54, 1.807) is 0 Å². The lowest BCUT2D eigenvalue weighted by molar-refractivity contribution is 0.0759. The molecule has 3 heteroatoms. The van der Waals surface area contributed by atoms with Gasteiger partial charge < -0.3 is 10.1 Å². The summed E-state index contributed by atoms with van der Waals surface area (Å²) in [6, 6.07) is 10.6. The zero-order valence-electron chi connectivity index (χ0n) is 12.2. The average Bonchev–Trinajstić information content (AvgIpc) is 2.37. The van der Waals surface area contributed by atoms with Crippen molar-refractivity contribution in [3.63, 3.8) is 0 Å². The van der Waals surface area contributed by atoms with Crippen molar-refractivity contribution in [2.75, 3.05) is 5.32 Å². The first-order chi connectivity index (χ1) is 9.53. The van der Waals surface area contributed by atoms with Crippen LogP contribution in [-0.4, -0.2) is 10.6 Å². The summed E-state index contributed by atoms with van der Waals surface area (Å²) in [4.78, 5) is 4.25. The van der Waals surface area contributed by atoms with Crippen molar-refractivity contribution in [3.05, 3.63) is 53.9 Å². The molecule has 3 nitrogen and oxygen atoms in total. The zero-order chi connectivity index (χ0) is 14.2. The third-order valence-corrected chi connectivity index (χ3v) is 3.59. The summed E-state index contributed by atoms with van der Waals surface area (Å²) in [6.07, 6.45) is 4.67. The maximum absolute atomic E-state index is 6.06. The summed E-state index contributed by atoms with van der Waals surface area (Å²) in [5.41, 5.74) is 3.27. The lowest BCUT2D eigenvalue weighted by Gasteiger charge is -2.38. The third-order valence-electron chi connectivity index (χ3n) is 3.59.